The topological polar surface area (TPSA) is 83.2 Å². The molecule has 2 heterocycles. The molecule has 1 fully saturated rings. The van der Waals surface area contributed by atoms with Crippen molar-refractivity contribution in [2.45, 2.75) is 12.1 Å². The van der Waals surface area contributed by atoms with E-state index in [2.05, 4.69) is 15.6 Å². The van der Waals surface area contributed by atoms with Gasteiger partial charge in [0.1, 0.15) is 5.56 Å². The number of rotatable bonds is 3. The molecule has 0 bridgehead atoms. The number of hydrogen-bond donors (Lipinski definition) is 3. The van der Waals surface area contributed by atoms with Crippen molar-refractivity contribution in [1.29, 1.82) is 0 Å². The van der Waals surface area contributed by atoms with Crippen molar-refractivity contribution in [2.24, 2.45) is 0 Å². The second-order valence-corrected chi connectivity index (χ2v) is 3.93. The Hall–Kier alpha value is -1.66. The van der Waals surface area contributed by atoms with Gasteiger partial charge in [-0.3, -0.25) is 9.59 Å². The van der Waals surface area contributed by atoms with Gasteiger partial charge >= 0.3 is 0 Å². The Morgan fingerprint density at radius 2 is 2.35 bits per heavy atom. The summed E-state index contributed by atoms with van der Waals surface area (Å²) in [4.78, 5) is 26.1. The van der Waals surface area contributed by atoms with Crippen molar-refractivity contribution in [3.63, 3.8) is 0 Å². The molecule has 0 aliphatic carbocycles. The number of nitrogens with one attached hydrogen (secondary N) is 3. The quantitative estimate of drug-likeness (QED) is 0.635. The van der Waals surface area contributed by atoms with Crippen LogP contribution in [0, 0.1) is 0 Å². The van der Waals surface area contributed by atoms with E-state index in [1.807, 2.05) is 0 Å². The first-order chi connectivity index (χ1) is 8.22. The SMILES string of the molecule is CO[C@H]1CNCC1NC(=O)c1c[nH]ccc1=O. The first-order valence-electron chi connectivity index (χ1n) is 5.44. The minimum atomic E-state index is -0.373. The maximum atomic E-state index is 11.9. The van der Waals surface area contributed by atoms with E-state index in [0.29, 0.717) is 13.1 Å². The van der Waals surface area contributed by atoms with Crippen LogP contribution in [-0.4, -0.2) is 43.2 Å². The van der Waals surface area contributed by atoms with E-state index in [4.69, 9.17) is 4.74 Å². The third-order valence-electron chi connectivity index (χ3n) is 2.85. The predicted molar refractivity (Wildman–Crippen MR) is 62.0 cm³/mol. The van der Waals surface area contributed by atoms with Crippen molar-refractivity contribution in [3.05, 3.63) is 34.2 Å². The number of carbonyl (C=O) groups is 1. The largest absolute Gasteiger partial charge is 0.378 e. The highest BCUT2D eigenvalue weighted by Crippen LogP contribution is 2.04. The number of pyridine rings is 1. The van der Waals surface area contributed by atoms with E-state index in [0.717, 1.165) is 0 Å². The molecular weight excluding hydrogens is 222 g/mol. The highest BCUT2D eigenvalue weighted by Gasteiger charge is 2.28. The number of methoxy groups -OCH3 is 1. The van der Waals surface area contributed by atoms with Gasteiger partial charge in [-0.25, -0.2) is 0 Å². The molecule has 1 aliphatic heterocycles. The minimum Gasteiger partial charge on any atom is -0.378 e. The molecule has 1 aromatic rings. The Morgan fingerprint density at radius 3 is 3.06 bits per heavy atom. The summed E-state index contributed by atoms with van der Waals surface area (Å²) >= 11 is 0. The average molecular weight is 237 g/mol. The molecule has 0 spiro atoms. The molecule has 1 unspecified atom stereocenters. The predicted octanol–water partition coefficient (Wildman–Crippen LogP) is -0.908. The third kappa shape index (κ3) is 2.54. The zero-order valence-corrected chi connectivity index (χ0v) is 9.53. The molecule has 17 heavy (non-hydrogen) atoms. The number of aromatic nitrogens is 1. The number of ether oxygens (including phenoxy) is 1. The minimum absolute atomic E-state index is 0.0539. The normalized spacial score (nSPS) is 23.6. The fourth-order valence-electron chi connectivity index (χ4n) is 1.89. The van der Waals surface area contributed by atoms with Crippen LogP contribution in [0.15, 0.2) is 23.3 Å². The summed E-state index contributed by atoms with van der Waals surface area (Å²) in [6, 6.07) is 1.22. The van der Waals surface area contributed by atoms with Crippen LogP contribution >= 0.6 is 0 Å². The van der Waals surface area contributed by atoms with Crippen molar-refractivity contribution >= 4 is 5.91 Å². The van der Waals surface area contributed by atoms with Crippen LogP contribution < -0.4 is 16.1 Å². The second kappa shape index (κ2) is 5.11. The van der Waals surface area contributed by atoms with Gasteiger partial charge in [-0.1, -0.05) is 0 Å². The maximum Gasteiger partial charge on any atom is 0.257 e. The summed E-state index contributed by atoms with van der Waals surface area (Å²) in [6.45, 7) is 1.35. The molecule has 1 aliphatic rings. The number of amides is 1. The van der Waals surface area contributed by atoms with Crippen molar-refractivity contribution < 1.29 is 9.53 Å². The van der Waals surface area contributed by atoms with Gasteiger partial charge in [0.2, 0.25) is 0 Å². The van der Waals surface area contributed by atoms with Crippen molar-refractivity contribution in [1.82, 2.24) is 15.6 Å². The van der Waals surface area contributed by atoms with Gasteiger partial charge in [-0.05, 0) is 0 Å². The maximum absolute atomic E-state index is 11.9. The summed E-state index contributed by atoms with van der Waals surface area (Å²) in [5.74, 6) is -0.373. The van der Waals surface area contributed by atoms with Gasteiger partial charge in [0.05, 0.1) is 12.1 Å². The summed E-state index contributed by atoms with van der Waals surface area (Å²) < 4.78 is 5.23. The number of carbonyl (C=O) groups excluding carboxylic acids is 1. The first-order valence-corrected chi connectivity index (χ1v) is 5.44. The van der Waals surface area contributed by atoms with Crippen LogP contribution in [0.2, 0.25) is 0 Å². The molecule has 0 radical (unpaired) electrons. The standard InChI is InChI=1S/C11H15N3O3/c1-17-10-6-13-5-8(10)14-11(16)7-4-12-3-2-9(7)15/h2-4,8,10,13H,5-6H2,1H3,(H,12,15)(H,14,16)/t8?,10-/m0/s1. The van der Waals surface area contributed by atoms with E-state index in [1.54, 1.807) is 7.11 Å². The second-order valence-electron chi connectivity index (χ2n) is 3.93. The fraction of sp³-hybridized carbons (Fsp3) is 0.455. The summed E-state index contributed by atoms with van der Waals surface area (Å²) in [5.41, 5.74) is -0.171. The van der Waals surface area contributed by atoms with Crippen LogP contribution in [0.25, 0.3) is 0 Å². The van der Waals surface area contributed by atoms with Crippen LogP contribution in [0.3, 0.4) is 0 Å². The molecule has 1 saturated heterocycles. The molecule has 1 amide bonds. The zero-order chi connectivity index (χ0) is 12.3. The van der Waals surface area contributed by atoms with Crippen LogP contribution in [0.5, 0.6) is 0 Å². The van der Waals surface area contributed by atoms with Gasteiger partial charge in [0.25, 0.3) is 5.91 Å². The molecule has 6 heteroatoms. The van der Waals surface area contributed by atoms with E-state index < -0.39 is 0 Å². The highest BCUT2D eigenvalue weighted by atomic mass is 16.5. The fourth-order valence-corrected chi connectivity index (χ4v) is 1.89. The average Bonchev–Trinajstić information content (AvgIpc) is 2.76. The van der Waals surface area contributed by atoms with Crippen molar-refractivity contribution in [2.75, 3.05) is 20.2 Å². The lowest BCUT2D eigenvalue weighted by molar-refractivity contribution is 0.0779. The number of H-pyrrole nitrogens is 1. The Bertz CT molecular complexity index is 457. The monoisotopic (exact) mass is 237 g/mol. The molecule has 6 nitrogen and oxygen atoms in total. The Labute approximate surface area is 98.4 Å². The molecule has 92 valence electrons. The first kappa shape index (κ1) is 11.8. The number of hydrogen-bond acceptors (Lipinski definition) is 4. The molecule has 2 atom stereocenters. The summed E-state index contributed by atoms with van der Waals surface area (Å²) in [6.07, 6.45) is 2.84. The summed E-state index contributed by atoms with van der Waals surface area (Å²) in [7, 11) is 1.60. The smallest absolute Gasteiger partial charge is 0.257 e. The molecular formula is C11H15N3O3. The molecule has 0 saturated carbocycles. The van der Waals surface area contributed by atoms with Crippen LogP contribution in [0.4, 0.5) is 0 Å². The van der Waals surface area contributed by atoms with Crippen LogP contribution in [0.1, 0.15) is 10.4 Å². The van der Waals surface area contributed by atoms with E-state index in [-0.39, 0.29) is 29.0 Å². The van der Waals surface area contributed by atoms with Gasteiger partial charge in [-0.2, -0.15) is 0 Å². The van der Waals surface area contributed by atoms with Gasteiger partial charge in [0.15, 0.2) is 5.43 Å². The van der Waals surface area contributed by atoms with E-state index in [9.17, 15) is 9.59 Å². The van der Waals surface area contributed by atoms with Crippen molar-refractivity contribution in [3.8, 4) is 0 Å². The van der Waals surface area contributed by atoms with Gasteiger partial charge in [-0.15, -0.1) is 0 Å². The van der Waals surface area contributed by atoms with Gasteiger partial charge < -0.3 is 20.4 Å². The lowest BCUT2D eigenvalue weighted by Gasteiger charge is -2.18. The van der Waals surface area contributed by atoms with Gasteiger partial charge in [0, 0.05) is 38.7 Å². The molecule has 0 aromatic carbocycles. The molecule has 1 aromatic heterocycles. The third-order valence-corrected chi connectivity index (χ3v) is 2.85. The lowest BCUT2D eigenvalue weighted by atomic mass is 10.2. The van der Waals surface area contributed by atoms with Crippen LogP contribution in [-0.2, 0) is 4.74 Å². The lowest BCUT2D eigenvalue weighted by Crippen LogP contribution is -2.44. The summed E-state index contributed by atoms with van der Waals surface area (Å²) in [5, 5.41) is 5.91. The highest BCUT2D eigenvalue weighted by molar-refractivity contribution is 5.94. The van der Waals surface area contributed by atoms with E-state index in [1.165, 1.54) is 18.5 Å². The molecule has 2 rings (SSSR count). The molecule has 3 N–H and O–H groups in total. The Morgan fingerprint density at radius 1 is 1.53 bits per heavy atom. The van der Waals surface area contributed by atoms with E-state index >= 15 is 0 Å². The Balaban J connectivity index is 2.07. The zero-order valence-electron chi connectivity index (χ0n) is 9.53. The number of aromatic amines is 1. The Kier molecular flexibility index (Phi) is 3.55.